The summed E-state index contributed by atoms with van der Waals surface area (Å²) in [6.45, 7) is 0.337. The second-order valence-electron chi connectivity index (χ2n) is 3.41. The molecule has 0 bridgehead atoms. The molecule has 1 N–H and O–H groups in total. The molecule has 0 fully saturated rings. The van der Waals surface area contributed by atoms with Crippen LogP contribution in [0.3, 0.4) is 0 Å². The second-order valence-corrected chi connectivity index (χ2v) is 3.41. The van der Waals surface area contributed by atoms with Gasteiger partial charge in [0.1, 0.15) is 5.82 Å². The Labute approximate surface area is 95.1 Å². The molecule has 1 rings (SSSR count). The second kappa shape index (κ2) is 4.99. The van der Waals surface area contributed by atoms with Gasteiger partial charge in [0.2, 0.25) is 0 Å². The summed E-state index contributed by atoms with van der Waals surface area (Å²) in [4.78, 5) is 3.80. The monoisotopic (exact) mass is 247 g/mol. The summed E-state index contributed by atoms with van der Waals surface area (Å²) in [7, 11) is 0. The van der Waals surface area contributed by atoms with Gasteiger partial charge in [0.05, 0.1) is 18.2 Å². The van der Waals surface area contributed by atoms with Gasteiger partial charge in [-0.2, -0.15) is 14.0 Å². The van der Waals surface area contributed by atoms with Gasteiger partial charge in [0, 0.05) is 5.69 Å². The molecule has 92 valence electrons. The largest absolute Gasteiger partial charge is 0.364 e. The first-order chi connectivity index (χ1) is 7.85. The molecule has 1 aromatic rings. The lowest BCUT2D eigenvalue weighted by molar-refractivity contribution is -0.117. The van der Waals surface area contributed by atoms with E-state index in [1.54, 1.807) is 6.92 Å². The Kier molecular flexibility index (Phi) is 3.89. The van der Waals surface area contributed by atoms with Crippen LogP contribution in [-0.2, 0) is 0 Å². The molecule has 0 atom stereocenters. The normalized spacial score (nSPS) is 11.4. The van der Waals surface area contributed by atoms with Crippen molar-refractivity contribution in [3.63, 3.8) is 0 Å². The van der Waals surface area contributed by atoms with E-state index in [2.05, 4.69) is 10.3 Å². The van der Waals surface area contributed by atoms with Crippen LogP contribution in [0.15, 0.2) is 12.1 Å². The molecule has 7 heteroatoms. The van der Waals surface area contributed by atoms with Crippen molar-refractivity contribution >= 4 is 5.82 Å². The predicted molar refractivity (Wildman–Crippen MR) is 53.1 cm³/mol. The fourth-order valence-electron chi connectivity index (χ4n) is 1.11. The SMILES string of the molecule is Cc1cc(C#N)cc(NCC(F)(F)C(F)F)n1. The summed E-state index contributed by atoms with van der Waals surface area (Å²) in [5, 5.41) is 10.7. The topological polar surface area (TPSA) is 48.7 Å². The minimum Gasteiger partial charge on any atom is -0.364 e. The molecule has 0 saturated heterocycles. The highest BCUT2D eigenvalue weighted by Crippen LogP contribution is 2.23. The zero-order valence-electron chi connectivity index (χ0n) is 8.85. The van der Waals surface area contributed by atoms with E-state index in [0.717, 1.165) is 0 Å². The van der Waals surface area contributed by atoms with E-state index in [9.17, 15) is 17.6 Å². The van der Waals surface area contributed by atoms with E-state index in [1.807, 2.05) is 6.07 Å². The van der Waals surface area contributed by atoms with Crippen molar-refractivity contribution in [1.29, 1.82) is 5.26 Å². The van der Waals surface area contributed by atoms with Crippen molar-refractivity contribution in [2.45, 2.75) is 19.3 Å². The van der Waals surface area contributed by atoms with Gasteiger partial charge in [-0.3, -0.25) is 0 Å². The molecule has 0 aliphatic rings. The number of aromatic nitrogens is 1. The van der Waals surface area contributed by atoms with E-state index in [-0.39, 0.29) is 11.4 Å². The van der Waals surface area contributed by atoms with Crippen LogP contribution in [0.4, 0.5) is 23.4 Å². The third-order valence-corrected chi connectivity index (χ3v) is 1.91. The molecular weight excluding hydrogens is 238 g/mol. The smallest absolute Gasteiger partial charge is 0.324 e. The predicted octanol–water partition coefficient (Wildman–Crippen LogP) is 2.57. The van der Waals surface area contributed by atoms with Crippen LogP contribution in [-0.4, -0.2) is 23.9 Å². The number of pyridine rings is 1. The molecule has 17 heavy (non-hydrogen) atoms. The molecule has 3 nitrogen and oxygen atoms in total. The van der Waals surface area contributed by atoms with Gasteiger partial charge in [-0.1, -0.05) is 0 Å². The maximum absolute atomic E-state index is 12.6. The highest BCUT2D eigenvalue weighted by atomic mass is 19.3. The van der Waals surface area contributed by atoms with Crippen molar-refractivity contribution in [3.05, 3.63) is 23.4 Å². The lowest BCUT2D eigenvalue weighted by atomic mass is 10.2. The molecule has 0 amide bonds. The first-order valence-electron chi connectivity index (χ1n) is 4.64. The number of halogens is 4. The Morgan fingerprint density at radius 1 is 1.47 bits per heavy atom. The average molecular weight is 247 g/mol. The van der Waals surface area contributed by atoms with Gasteiger partial charge in [-0.05, 0) is 19.1 Å². The number of hydrogen-bond acceptors (Lipinski definition) is 3. The first-order valence-corrected chi connectivity index (χ1v) is 4.64. The van der Waals surface area contributed by atoms with Crippen molar-refractivity contribution < 1.29 is 17.6 Å². The summed E-state index contributed by atoms with van der Waals surface area (Å²) in [6.07, 6.45) is -3.74. The van der Waals surface area contributed by atoms with Crippen molar-refractivity contribution in [2.75, 3.05) is 11.9 Å². The number of nitriles is 1. The Balaban J connectivity index is 2.77. The van der Waals surface area contributed by atoms with Crippen molar-refractivity contribution in [2.24, 2.45) is 0 Å². The van der Waals surface area contributed by atoms with E-state index < -0.39 is 18.9 Å². The molecular formula is C10H9F4N3. The zero-order chi connectivity index (χ0) is 13.1. The number of hydrogen-bond donors (Lipinski definition) is 1. The van der Waals surface area contributed by atoms with Crippen LogP contribution in [0.5, 0.6) is 0 Å². The van der Waals surface area contributed by atoms with Crippen LogP contribution in [0.2, 0.25) is 0 Å². The lowest BCUT2D eigenvalue weighted by Crippen LogP contribution is -2.35. The van der Waals surface area contributed by atoms with Gasteiger partial charge in [-0.25, -0.2) is 13.8 Å². The molecule has 0 aliphatic carbocycles. The van der Waals surface area contributed by atoms with Gasteiger partial charge in [-0.15, -0.1) is 0 Å². The first kappa shape index (κ1) is 13.2. The maximum Gasteiger partial charge on any atom is 0.324 e. The third-order valence-electron chi connectivity index (χ3n) is 1.91. The van der Waals surface area contributed by atoms with Crippen LogP contribution < -0.4 is 5.32 Å². The van der Waals surface area contributed by atoms with Gasteiger partial charge in [0.15, 0.2) is 0 Å². The standard InChI is InChI=1S/C10H9F4N3/c1-6-2-7(4-15)3-8(17-6)16-5-10(13,14)9(11)12/h2-3,9H,5H2,1H3,(H,16,17). The fraction of sp³-hybridized carbons (Fsp3) is 0.400. The highest BCUT2D eigenvalue weighted by molar-refractivity contribution is 5.44. The summed E-state index contributed by atoms with van der Waals surface area (Å²) >= 11 is 0. The van der Waals surface area contributed by atoms with Crippen LogP contribution in [0.1, 0.15) is 11.3 Å². The summed E-state index contributed by atoms with van der Waals surface area (Å²) in [5.41, 5.74) is 0.660. The number of aryl methyl sites for hydroxylation is 1. The number of anilines is 1. The van der Waals surface area contributed by atoms with Gasteiger partial charge < -0.3 is 5.32 Å². The summed E-state index contributed by atoms with van der Waals surface area (Å²) in [5.74, 6) is -4.15. The Morgan fingerprint density at radius 3 is 2.65 bits per heavy atom. The fourth-order valence-corrected chi connectivity index (χ4v) is 1.11. The van der Waals surface area contributed by atoms with E-state index in [0.29, 0.717) is 5.69 Å². The van der Waals surface area contributed by atoms with Crippen molar-refractivity contribution in [1.82, 2.24) is 4.98 Å². The van der Waals surface area contributed by atoms with E-state index >= 15 is 0 Å². The molecule has 0 aromatic carbocycles. The van der Waals surface area contributed by atoms with Crippen LogP contribution in [0, 0.1) is 18.3 Å². The van der Waals surface area contributed by atoms with Gasteiger partial charge >= 0.3 is 12.3 Å². The van der Waals surface area contributed by atoms with E-state index in [4.69, 9.17) is 5.26 Å². The zero-order valence-corrected chi connectivity index (χ0v) is 8.85. The molecule has 0 spiro atoms. The number of nitrogens with one attached hydrogen (secondary N) is 1. The molecule has 1 aromatic heterocycles. The number of alkyl halides is 4. The average Bonchev–Trinajstić information content (AvgIpc) is 2.25. The molecule has 1 heterocycles. The summed E-state index contributed by atoms with van der Waals surface area (Å²) < 4.78 is 49.0. The molecule has 0 saturated carbocycles. The number of nitrogens with zero attached hydrogens (tertiary/aromatic N) is 2. The van der Waals surface area contributed by atoms with Gasteiger partial charge in [0.25, 0.3) is 0 Å². The van der Waals surface area contributed by atoms with Crippen LogP contribution in [0.25, 0.3) is 0 Å². The van der Waals surface area contributed by atoms with Crippen molar-refractivity contribution in [3.8, 4) is 6.07 Å². The molecule has 0 unspecified atom stereocenters. The number of rotatable bonds is 4. The van der Waals surface area contributed by atoms with E-state index in [1.165, 1.54) is 12.1 Å². The Bertz CT molecular complexity index is 440. The minimum atomic E-state index is -4.13. The lowest BCUT2D eigenvalue weighted by Gasteiger charge is -2.16. The third kappa shape index (κ3) is 3.59. The Hall–Kier alpha value is -1.84. The summed E-state index contributed by atoms with van der Waals surface area (Å²) in [6, 6.07) is 4.48. The van der Waals surface area contributed by atoms with Crippen LogP contribution >= 0.6 is 0 Å². The maximum atomic E-state index is 12.6. The molecule has 0 aliphatic heterocycles. The minimum absolute atomic E-state index is 0.0260. The Morgan fingerprint density at radius 2 is 2.12 bits per heavy atom. The highest BCUT2D eigenvalue weighted by Gasteiger charge is 2.40. The molecule has 0 radical (unpaired) electrons. The quantitative estimate of drug-likeness (QED) is 0.832.